The first-order valence-electron chi connectivity index (χ1n) is 11.6. The van der Waals surface area contributed by atoms with Gasteiger partial charge in [0, 0.05) is 38.4 Å². The Morgan fingerprint density at radius 1 is 1.05 bits per heavy atom. The summed E-state index contributed by atoms with van der Waals surface area (Å²) in [5, 5.41) is 3.84. The normalized spacial score (nSPS) is 10.7. The molecular weight excluding hydrogens is 527 g/mol. The van der Waals surface area contributed by atoms with Crippen molar-refractivity contribution >= 4 is 69.0 Å². The highest BCUT2D eigenvalue weighted by Gasteiger charge is 2.26. The number of halogens is 2. The van der Waals surface area contributed by atoms with Crippen LogP contribution in [-0.4, -0.2) is 29.5 Å². The molecule has 1 aromatic heterocycles. The number of nitrogens with one attached hydrogen (secondary N) is 2. The Morgan fingerprint density at radius 3 is 2.42 bits per heavy atom. The minimum absolute atomic E-state index is 0.0202. The van der Waals surface area contributed by atoms with Gasteiger partial charge in [0.25, 0.3) is 5.91 Å². The molecule has 3 aromatic carbocycles. The number of hydrogen-bond donors (Lipinski definition) is 3. The van der Waals surface area contributed by atoms with E-state index >= 15 is 0 Å². The lowest BCUT2D eigenvalue weighted by Crippen LogP contribution is -2.35. The standard InChI is InChI=1S/C28H24Cl2N4O4/c1-3-38-27(36)25-23(24-20(30)13-18(29)14-22(24)32-25)16(2)26(35)33-21-12-8-7-9-17(21)15-34(28(31)37)19-10-5-4-6-11-19/h4-14,32H,2-3,15H2,1H3,(H2,31,37)(H,33,35). The molecule has 3 amide bonds. The number of carbonyl (C=O) groups excluding carboxylic acids is 3. The lowest BCUT2D eigenvalue weighted by atomic mass is 10.0. The number of aromatic amines is 1. The Morgan fingerprint density at radius 2 is 1.74 bits per heavy atom. The molecule has 38 heavy (non-hydrogen) atoms. The molecule has 0 atom stereocenters. The molecule has 0 aliphatic heterocycles. The number of benzene rings is 3. The van der Waals surface area contributed by atoms with E-state index in [9.17, 15) is 14.4 Å². The summed E-state index contributed by atoms with van der Waals surface area (Å²) in [6.45, 7) is 5.87. The van der Waals surface area contributed by atoms with Crippen LogP contribution < -0.4 is 16.0 Å². The number of anilines is 2. The first-order chi connectivity index (χ1) is 18.2. The fraction of sp³-hybridized carbons (Fsp3) is 0.107. The van der Waals surface area contributed by atoms with Gasteiger partial charge in [-0.15, -0.1) is 0 Å². The number of para-hydroxylation sites is 2. The molecule has 0 saturated carbocycles. The third-order valence-corrected chi connectivity index (χ3v) is 6.31. The summed E-state index contributed by atoms with van der Waals surface area (Å²) in [7, 11) is 0. The number of nitrogens with zero attached hydrogens (tertiary/aromatic N) is 1. The van der Waals surface area contributed by atoms with Crippen molar-refractivity contribution in [2.24, 2.45) is 5.73 Å². The van der Waals surface area contributed by atoms with Gasteiger partial charge >= 0.3 is 12.0 Å². The summed E-state index contributed by atoms with van der Waals surface area (Å²) < 4.78 is 5.18. The Kier molecular flexibility index (Phi) is 8.05. The van der Waals surface area contributed by atoms with Crippen LogP contribution in [0.25, 0.3) is 16.5 Å². The van der Waals surface area contributed by atoms with Crippen LogP contribution in [0, 0.1) is 0 Å². The molecule has 0 unspecified atom stereocenters. The second-order valence-corrected chi connectivity index (χ2v) is 9.10. The SMILES string of the molecule is C=C(C(=O)Nc1ccccc1CN(C(N)=O)c1ccccc1)c1c(C(=O)OCC)[nH]c2cc(Cl)cc(Cl)c12. The van der Waals surface area contributed by atoms with Crippen LogP contribution >= 0.6 is 23.2 Å². The maximum atomic E-state index is 13.5. The number of esters is 1. The summed E-state index contributed by atoms with van der Waals surface area (Å²) in [4.78, 5) is 42.8. The van der Waals surface area contributed by atoms with Gasteiger partial charge in [-0.05, 0) is 42.8 Å². The van der Waals surface area contributed by atoms with E-state index in [2.05, 4.69) is 16.9 Å². The number of ether oxygens (including phenoxy) is 1. The molecule has 10 heteroatoms. The van der Waals surface area contributed by atoms with Crippen molar-refractivity contribution in [3.63, 3.8) is 0 Å². The second-order valence-electron chi connectivity index (χ2n) is 8.26. The highest BCUT2D eigenvalue weighted by Crippen LogP contribution is 2.36. The fourth-order valence-corrected chi connectivity index (χ4v) is 4.66. The van der Waals surface area contributed by atoms with E-state index in [0.29, 0.717) is 32.9 Å². The highest BCUT2D eigenvalue weighted by molar-refractivity contribution is 6.41. The summed E-state index contributed by atoms with van der Waals surface area (Å²) in [6, 6.07) is 18.4. The number of fused-ring (bicyclic) bond motifs is 1. The fourth-order valence-electron chi connectivity index (χ4n) is 4.07. The van der Waals surface area contributed by atoms with E-state index in [1.807, 2.05) is 6.07 Å². The van der Waals surface area contributed by atoms with E-state index < -0.39 is 17.9 Å². The zero-order valence-corrected chi connectivity index (χ0v) is 21.9. The van der Waals surface area contributed by atoms with Crippen molar-refractivity contribution in [1.82, 2.24) is 4.98 Å². The van der Waals surface area contributed by atoms with Gasteiger partial charge < -0.3 is 20.8 Å². The Hall–Kier alpha value is -4.27. The van der Waals surface area contributed by atoms with Crippen LogP contribution in [0.3, 0.4) is 0 Å². The highest BCUT2D eigenvalue weighted by atomic mass is 35.5. The largest absolute Gasteiger partial charge is 0.461 e. The van der Waals surface area contributed by atoms with Crippen LogP contribution in [0.2, 0.25) is 10.0 Å². The number of rotatable bonds is 8. The molecule has 0 fully saturated rings. The van der Waals surface area contributed by atoms with Crippen LogP contribution in [0.1, 0.15) is 28.5 Å². The third-order valence-electron chi connectivity index (χ3n) is 5.80. The number of hydrogen-bond acceptors (Lipinski definition) is 4. The van der Waals surface area contributed by atoms with Gasteiger partial charge in [0.15, 0.2) is 0 Å². The van der Waals surface area contributed by atoms with E-state index in [4.69, 9.17) is 33.7 Å². The molecular formula is C28H24Cl2N4O4. The summed E-state index contributed by atoms with van der Waals surface area (Å²) in [5.74, 6) is -1.25. The van der Waals surface area contributed by atoms with Gasteiger partial charge in [0.1, 0.15) is 5.69 Å². The number of carbonyl (C=O) groups is 3. The molecule has 194 valence electrons. The number of nitrogens with two attached hydrogens (primary N) is 1. The molecule has 4 rings (SSSR count). The van der Waals surface area contributed by atoms with Crippen LogP contribution in [0.15, 0.2) is 73.3 Å². The minimum Gasteiger partial charge on any atom is -0.461 e. The van der Waals surface area contributed by atoms with Gasteiger partial charge in [0.05, 0.1) is 18.2 Å². The maximum Gasteiger partial charge on any atom is 0.355 e. The summed E-state index contributed by atoms with van der Waals surface area (Å²) >= 11 is 12.6. The molecule has 8 nitrogen and oxygen atoms in total. The minimum atomic E-state index is -0.666. The Labute approximate surface area is 229 Å². The predicted octanol–water partition coefficient (Wildman–Crippen LogP) is 6.39. The van der Waals surface area contributed by atoms with Crippen molar-refractivity contribution in [1.29, 1.82) is 0 Å². The molecule has 0 spiro atoms. The van der Waals surface area contributed by atoms with Crippen molar-refractivity contribution in [3.8, 4) is 0 Å². The number of urea groups is 1. The first-order valence-corrected chi connectivity index (χ1v) is 12.3. The van der Waals surface area contributed by atoms with E-state index in [1.54, 1.807) is 61.5 Å². The molecule has 0 saturated heterocycles. The average molecular weight is 551 g/mol. The van der Waals surface area contributed by atoms with E-state index in [1.165, 1.54) is 11.0 Å². The molecule has 1 heterocycles. The summed E-state index contributed by atoms with van der Waals surface area (Å²) in [5.41, 5.74) is 7.99. The van der Waals surface area contributed by atoms with Gasteiger partial charge in [-0.25, -0.2) is 9.59 Å². The number of amides is 3. The van der Waals surface area contributed by atoms with Gasteiger partial charge in [-0.3, -0.25) is 9.69 Å². The van der Waals surface area contributed by atoms with Crippen LogP contribution in [0.5, 0.6) is 0 Å². The Bertz CT molecular complexity index is 1550. The third kappa shape index (κ3) is 5.51. The predicted molar refractivity (Wildman–Crippen MR) is 151 cm³/mol. The number of aromatic nitrogens is 1. The topological polar surface area (TPSA) is 118 Å². The van der Waals surface area contributed by atoms with Crippen molar-refractivity contribution < 1.29 is 19.1 Å². The smallest absolute Gasteiger partial charge is 0.355 e. The van der Waals surface area contributed by atoms with Crippen LogP contribution in [-0.2, 0) is 16.1 Å². The zero-order chi connectivity index (χ0) is 27.4. The quantitative estimate of drug-likeness (QED) is 0.174. The second kappa shape index (κ2) is 11.4. The van der Waals surface area contributed by atoms with Gasteiger partial charge in [-0.2, -0.15) is 0 Å². The molecule has 0 bridgehead atoms. The molecule has 0 radical (unpaired) electrons. The zero-order valence-electron chi connectivity index (χ0n) is 20.4. The number of primary amides is 1. The Balaban J connectivity index is 1.69. The van der Waals surface area contributed by atoms with Gasteiger partial charge in [0.2, 0.25) is 0 Å². The molecule has 0 aliphatic rings. The number of H-pyrrole nitrogens is 1. The first kappa shape index (κ1) is 26.8. The van der Waals surface area contributed by atoms with Crippen LogP contribution in [0.4, 0.5) is 16.2 Å². The van der Waals surface area contributed by atoms with Gasteiger partial charge in [-0.1, -0.05) is 66.2 Å². The maximum absolute atomic E-state index is 13.5. The molecule has 4 aromatic rings. The monoisotopic (exact) mass is 550 g/mol. The molecule has 4 N–H and O–H groups in total. The van der Waals surface area contributed by atoms with E-state index in [0.717, 1.165) is 0 Å². The molecule has 0 aliphatic carbocycles. The van der Waals surface area contributed by atoms with Crippen molar-refractivity contribution in [2.75, 3.05) is 16.8 Å². The lowest BCUT2D eigenvalue weighted by Gasteiger charge is -2.22. The lowest BCUT2D eigenvalue weighted by molar-refractivity contribution is -0.111. The van der Waals surface area contributed by atoms with Crippen molar-refractivity contribution in [3.05, 3.63) is 100 Å². The van der Waals surface area contributed by atoms with E-state index in [-0.39, 0.29) is 35.0 Å². The average Bonchev–Trinajstić information content (AvgIpc) is 3.28. The van der Waals surface area contributed by atoms with Crippen molar-refractivity contribution in [2.45, 2.75) is 13.5 Å². The summed E-state index contributed by atoms with van der Waals surface area (Å²) in [6.07, 6.45) is 0.